The summed E-state index contributed by atoms with van der Waals surface area (Å²) in [6, 6.07) is -0.0118. The molecule has 1 aromatic heterocycles. The number of carbonyl (C=O) groups is 1. The summed E-state index contributed by atoms with van der Waals surface area (Å²) in [5.41, 5.74) is 5.64. The first kappa shape index (κ1) is 13.6. The van der Waals surface area contributed by atoms with Gasteiger partial charge in [0.1, 0.15) is 12.9 Å². The molecule has 3 N–H and O–H groups in total. The van der Waals surface area contributed by atoms with Crippen LogP contribution in [0.3, 0.4) is 0 Å². The summed E-state index contributed by atoms with van der Waals surface area (Å²) in [5.74, 6) is 0.506. The highest BCUT2D eigenvalue weighted by molar-refractivity contribution is 5.75. The minimum absolute atomic E-state index is 0.0490. The van der Waals surface area contributed by atoms with Gasteiger partial charge in [0.25, 0.3) is 0 Å². The molecule has 0 radical (unpaired) electrons. The summed E-state index contributed by atoms with van der Waals surface area (Å²) in [5, 5.41) is 7.03. The molecule has 0 spiro atoms. The van der Waals surface area contributed by atoms with Crippen molar-refractivity contribution in [2.75, 3.05) is 0 Å². The van der Waals surface area contributed by atoms with Gasteiger partial charge < -0.3 is 11.1 Å². The van der Waals surface area contributed by atoms with Crippen LogP contribution in [0.2, 0.25) is 0 Å². The zero-order valence-corrected chi connectivity index (χ0v) is 10.7. The van der Waals surface area contributed by atoms with Crippen molar-refractivity contribution in [1.82, 2.24) is 20.1 Å². The van der Waals surface area contributed by atoms with Crippen LogP contribution in [-0.2, 0) is 11.3 Å². The predicted octanol–water partition coefficient (Wildman–Crippen LogP) is 0.603. The van der Waals surface area contributed by atoms with Gasteiger partial charge in [-0.1, -0.05) is 13.3 Å². The molecule has 0 fully saturated rings. The monoisotopic (exact) mass is 239 g/mol. The van der Waals surface area contributed by atoms with E-state index in [2.05, 4.69) is 22.3 Å². The molecule has 0 aliphatic rings. The number of rotatable bonds is 6. The second-order valence-electron chi connectivity index (χ2n) is 4.35. The maximum atomic E-state index is 11.6. The van der Waals surface area contributed by atoms with Gasteiger partial charge in [-0.05, 0) is 20.3 Å². The second kappa shape index (κ2) is 6.34. The fraction of sp³-hybridized carbons (Fsp3) is 0.727. The predicted molar refractivity (Wildman–Crippen MR) is 65.1 cm³/mol. The number of hydrogen-bond donors (Lipinski definition) is 2. The summed E-state index contributed by atoms with van der Waals surface area (Å²) < 4.78 is 1.51. The largest absolute Gasteiger partial charge is 0.352 e. The van der Waals surface area contributed by atoms with Crippen molar-refractivity contribution < 1.29 is 4.79 Å². The third kappa shape index (κ3) is 4.52. The summed E-state index contributed by atoms with van der Waals surface area (Å²) in [7, 11) is 0. The Bertz CT molecular complexity index is 360. The number of nitrogens with zero attached hydrogens (tertiary/aromatic N) is 3. The van der Waals surface area contributed by atoms with Crippen molar-refractivity contribution in [1.29, 1.82) is 0 Å². The van der Waals surface area contributed by atoms with E-state index in [1.165, 1.54) is 11.0 Å². The van der Waals surface area contributed by atoms with Crippen molar-refractivity contribution in [2.24, 2.45) is 5.73 Å². The highest BCUT2D eigenvalue weighted by Gasteiger charge is 2.10. The number of carbonyl (C=O) groups excluding carboxylic acids is 1. The van der Waals surface area contributed by atoms with Gasteiger partial charge in [-0.25, -0.2) is 9.67 Å². The van der Waals surface area contributed by atoms with Crippen molar-refractivity contribution in [3.05, 3.63) is 12.2 Å². The fourth-order valence-electron chi connectivity index (χ4n) is 1.57. The van der Waals surface area contributed by atoms with E-state index >= 15 is 0 Å². The molecular formula is C11H21N5O. The van der Waals surface area contributed by atoms with Crippen LogP contribution in [-0.4, -0.2) is 26.7 Å². The van der Waals surface area contributed by atoms with Gasteiger partial charge in [-0.2, -0.15) is 5.10 Å². The lowest BCUT2D eigenvalue weighted by Crippen LogP contribution is -2.35. The summed E-state index contributed by atoms with van der Waals surface area (Å²) in [6.07, 6.45) is 3.57. The smallest absolute Gasteiger partial charge is 0.242 e. The van der Waals surface area contributed by atoms with Crippen LogP contribution >= 0.6 is 0 Å². The number of nitrogens with one attached hydrogen (secondary N) is 1. The Balaban J connectivity index is 2.44. The molecule has 1 aromatic rings. The summed E-state index contributed by atoms with van der Waals surface area (Å²) in [4.78, 5) is 15.7. The van der Waals surface area contributed by atoms with Crippen LogP contribution in [0, 0.1) is 0 Å². The Morgan fingerprint density at radius 3 is 2.82 bits per heavy atom. The normalized spacial score (nSPS) is 14.4. The lowest BCUT2D eigenvalue weighted by molar-refractivity contribution is -0.122. The SMILES string of the molecule is CCCC(C)NC(=O)Cn1cnc(C(C)N)n1. The molecule has 0 aromatic carbocycles. The first-order valence-electron chi connectivity index (χ1n) is 5.97. The molecule has 1 rings (SSSR count). The Labute approximate surface area is 102 Å². The number of nitrogens with two attached hydrogens (primary N) is 1. The van der Waals surface area contributed by atoms with E-state index in [4.69, 9.17) is 5.73 Å². The quantitative estimate of drug-likeness (QED) is 0.761. The molecule has 0 aliphatic carbocycles. The minimum atomic E-state index is -0.210. The topological polar surface area (TPSA) is 85.8 Å². The Hall–Kier alpha value is -1.43. The average molecular weight is 239 g/mol. The third-order valence-electron chi connectivity index (χ3n) is 2.40. The highest BCUT2D eigenvalue weighted by atomic mass is 16.2. The van der Waals surface area contributed by atoms with Crippen LogP contribution in [0.5, 0.6) is 0 Å². The molecule has 0 bridgehead atoms. The molecule has 6 heteroatoms. The lowest BCUT2D eigenvalue weighted by Gasteiger charge is -2.12. The molecule has 6 nitrogen and oxygen atoms in total. The molecule has 2 atom stereocenters. The minimum Gasteiger partial charge on any atom is -0.352 e. The van der Waals surface area contributed by atoms with Gasteiger partial charge in [0.15, 0.2) is 5.82 Å². The van der Waals surface area contributed by atoms with E-state index in [0.717, 1.165) is 12.8 Å². The van der Waals surface area contributed by atoms with E-state index in [0.29, 0.717) is 5.82 Å². The zero-order chi connectivity index (χ0) is 12.8. The first-order chi connectivity index (χ1) is 8.02. The van der Waals surface area contributed by atoms with Crippen LogP contribution in [0.4, 0.5) is 0 Å². The molecule has 17 heavy (non-hydrogen) atoms. The zero-order valence-electron chi connectivity index (χ0n) is 10.7. The standard InChI is InChI=1S/C11H21N5O/c1-4-5-8(2)14-10(17)6-16-7-13-11(15-16)9(3)12/h7-9H,4-6,12H2,1-3H3,(H,14,17). The van der Waals surface area contributed by atoms with Crippen LogP contribution in [0.1, 0.15) is 45.5 Å². The van der Waals surface area contributed by atoms with Crippen LogP contribution in [0.15, 0.2) is 6.33 Å². The van der Waals surface area contributed by atoms with Gasteiger partial charge in [-0.15, -0.1) is 0 Å². The maximum Gasteiger partial charge on any atom is 0.242 e. The Kier molecular flexibility index (Phi) is 5.09. The first-order valence-corrected chi connectivity index (χ1v) is 5.97. The molecule has 0 saturated heterocycles. The molecule has 0 saturated carbocycles. The number of amides is 1. The summed E-state index contributed by atoms with van der Waals surface area (Å²) in [6.45, 7) is 6.09. The van der Waals surface area contributed by atoms with Crippen LogP contribution < -0.4 is 11.1 Å². The van der Waals surface area contributed by atoms with Crippen molar-refractivity contribution in [2.45, 2.75) is 52.2 Å². The summed E-state index contributed by atoms with van der Waals surface area (Å²) >= 11 is 0. The molecule has 0 aliphatic heterocycles. The molecule has 2 unspecified atom stereocenters. The van der Waals surface area contributed by atoms with E-state index in [-0.39, 0.29) is 24.5 Å². The van der Waals surface area contributed by atoms with Gasteiger partial charge >= 0.3 is 0 Å². The maximum absolute atomic E-state index is 11.6. The van der Waals surface area contributed by atoms with Gasteiger partial charge in [0.2, 0.25) is 5.91 Å². The second-order valence-corrected chi connectivity index (χ2v) is 4.35. The van der Waals surface area contributed by atoms with E-state index < -0.39 is 0 Å². The highest BCUT2D eigenvalue weighted by Crippen LogP contribution is 2.00. The third-order valence-corrected chi connectivity index (χ3v) is 2.40. The number of hydrogen-bond acceptors (Lipinski definition) is 4. The van der Waals surface area contributed by atoms with Crippen molar-refractivity contribution in [3.63, 3.8) is 0 Å². The van der Waals surface area contributed by atoms with E-state index in [9.17, 15) is 4.79 Å². The molecule has 96 valence electrons. The fourth-order valence-corrected chi connectivity index (χ4v) is 1.57. The Morgan fingerprint density at radius 2 is 2.29 bits per heavy atom. The van der Waals surface area contributed by atoms with E-state index in [1.807, 2.05) is 13.8 Å². The Morgan fingerprint density at radius 1 is 1.59 bits per heavy atom. The van der Waals surface area contributed by atoms with Gasteiger partial charge in [0.05, 0.1) is 6.04 Å². The lowest BCUT2D eigenvalue weighted by atomic mass is 10.2. The molecular weight excluding hydrogens is 218 g/mol. The van der Waals surface area contributed by atoms with Gasteiger partial charge in [0, 0.05) is 6.04 Å². The van der Waals surface area contributed by atoms with Crippen molar-refractivity contribution >= 4 is 5.91 Å². The molecule has 1 amide bonds. The average Bonchev–Trinajstić information content (AvgIpc) is 2.66. The number of aromatic nitrogens is 3. The van der Waals surface area contributed by atoms with Crippen molar-refractivity contribution in [3.8, 4) is 0 Å². The van der Waals surface area contributed by atoms with E-state index in [1.54, 1.807) is 0 Å². The van der Waals surface area contributed by atoms with Crippen LogP contribution in [0.25, 0.3) is 0 Å². The van der Waals surface area contributed by atoms with Gasteiger partial charge in [-0.3, -0.25) is 4.79 Å². The molecule has 1 heterocycles.